The molecule has 1 aliphatic rings. The van der Waals surface area contributed by atoms with Gasteiger partial charge in [-0.15, -0.1) is 0 Å². The number of halogens is 1. The molecule has 3 rings (SSSR count). The van der Waals surface area contributed by atoms with Crippen molar-refractivity contribution >= 4 is 5.91 Å². The summed E-state index contributed by atoms with van der Waals surface area (Å²) in [6.07, 6.45) is 1.97. The fourth-order valence-corrected chi connectivity index (χ4v) is 3.19. The molecule has 2 N–H and O–H groups in total. The summed E-state index contributed by atoms with van der Waals surface area (Å²) in [6, 6.07) is 6.71. The van der Waals surface area contributed by atoms with Crippen LogP contribution in [0.4, 0.5) is 4.39 Å². The number of carbonyl (C=O) groups excluding carboxylic acids is 1. The summed E-state index contributed by atoms with van der Waals surface area (Å²) < 4.78 is 16.0. The molecule has 128 valence electrons. The van der Waals surface area contributed by atoms with Crippen LogP contribution in [-0.4, -0.2) is 34.3 Å². The lowest BCUT2D eigenvalue weighted by atomic mass is 9.99. The van der Waals surface area contributed by atoms with E-state index in [1.165, 1.54) is 6.07 Å². The Labute approximate surface area is 141 Å². The molecule has 5 nitrogen and oxygen atoms in total. The Bertz CT molecular complexity index is 755. The zero-order valence-electron chi connectivity index (χ0n) is 14.3. The molecule has 2 unspecified atom stereocenters. The average Bonchev–Trinajstić information content (AvgIpc) is 2.87. The van der Waals surface area contributed by atoms with Gasteiger partial charge in [0.05, 0.1) is 5.69 Å². The van der Waals surface area contributed by atoms with Crippen LogP contribution in [0.1, 0.15) is 41.5 Å². The zero-order chi connectivity index (χ0) is 17.3. The fourth-order valence-electron chi connectivity index (χ4n) is 3.19. The van der Waals surface area contributed by atoms with Gasteiger partial charge >= 0.3 is 0 Å². The van der Waals surface area contributed by atoms with Gasteiger partial charge in [-0.25, -0.2) is 9.07 Å². The molecule has 0 bridgehead atoms. The number of piperidine rings is 1. The minimum Gasteiger partial charge on any atom is -0.348 e. The molecule has 1 fully saturated rings. The molecule has 1 aromatic heterocycles. The van der Waals surface area contributed by atoms with Gasteiger partial charge in [-0.2, -0.15) is 5.10 Å². The van der Waals surface area contributed by atoms with Crippen LogP contribution in [0.15, 0.2) is 24.3 Å². The van der Waals surface area contributed by atoms with Crippen LogP contribution in [0, 0.1) is 19.7 Å². The van der Waals surface area contributed by atoms with Crippen LogP contribution >= 0.6 is 0 Å². The van der Waals surface area contributed by atoms with Gasteiger partial charge in [0.1, 0.15) is 11.5 Å². The van der Waals surface area contributed by atoms with Crippen LogP contribution in [-0.2, 0) is 0 Å². The van der Waals surface area contributed by atoms with Crippen LogP contribution in [0.3, 0.4) is 0 Å². The first-order chi connectivity index (χ1) is 11.5. The minimum atomic E-state index is -0.455. The normalized spacial score (nSPS) is 20.8. The Balaban J connectivity index is 1.79. The van der Waals surface area contributed by atoms with Gasteiger partial charge in [0.2, 0.25) is 0 Å². The van der Waals surface area contributed by atoms with Crippen molar-refractivity contribution in [1.82, 2.24) is 20.4 Å². The Hall–Kier alpha value is -2.21. The second kappa shape index (κ2) is 6.73. The van der Waals surface area contributed by atoms with E-state index in [2.05, 4.69) is 22.7 Å². The standard InChI is InChI=1S/C18H23FN4O/c1-11-9-12(2)23(22-11)17-7-6-14(10-15(17)19)18(24)21-16-5-4-8-20-13(16)3/h6-7,9-10,13,16,20H,4-5,8H2,1-3H3,(H,21,24). The molecule has 0 saturated carbocycles. The van der Waals surface area contributed by atoms with Crippen molar-refractivity contribution in [3.63, 3.8) is 0 Å². The predicted octanol–water partition coefficient (Wildman–Crippen LogP) is 2.50. The van der Waals surface area contributed by atoms with E-state index >= 15 is 0 Å². The lowest BCUT2D eigenvalue weighted by Gasteiger charge is -2.30. The van der Waals surface area contributed by atoms with Crippen LogP contribution in [0.5, 0.6) is 0 Å². The zero-order valence-corrected chi connectivity index (χ0v) is 14.3. The molecular weight excluding hydrogens is 307 g/mol. The summed E-state index contributed by atoms with van der Waals surface area (Å²) in [5, 5.41) is 10.6. The van der Waals surface area contributed by atoms with Gasteiger partial charge in [0, 0.05) is 23.3 Å². The number of nitrogens with zero attached hydrogens (tertiary/aromatic N) is 2. The number of aromatic nitrogens is 2. The topological polar surface area (TPSA) is 59.0 Å². The molecule has 2 aromatic rings. The van der Waals surface area contributed by atoms with Gasteiger partial charge in [-0.3, -0.25) is 4.79 Å². The lowest BCUT2D eigenvalue weighted by molar-refractivity contribution is 0.0919. The smallest absolute Gasteiger partial charge is 0.251 e. The first-order valence-corrected chi connectivity index (χ1v) is 8.33. The number of carbonyl (C=O) groups is 1. The summed E-state index contributed by atoms with van der Waals surface area (Å²) in [6.45, 7) is 6.76. The quantitative estimate of drug-likeness (QED) is 0.909. The molecule has 1 aromatic carbocycles. The van der Waals surface area contributed by atoms with E-state index in [0.717, 1.165) is 30.8 Å². The predicted molar refractivity (Wildman–Crippen MR) is 90.9 cm³/mol. The van der Waals surface area contributed by atoms with Crippen LogP contribution in [0.2, 0.25) is 0 Å². The van der Waals surface area contributed by atoms with Crippen molar-refractivity contribution < 1.29 is 9.18 Å². The lowest BCUT2D eigenvalue weighted by Crippen LogP contribution is -2.51. The summed E-state index contributed by atoms with van der Waals surface area (Å²) in [4.78, 5) is 12.4. The van der Waals surface area contributed by atoms with E-state index in [9.17, 15) is 9.18 Å². The maximum atomic E-state index is 14.5. The number of aryl methyl sites for hydroxylation is 2. The molecule has 0 aliphatic carbocycles. The largest absolute Gasteiger partial charge is 0.348 e. The van der Waals surface area contributed by atoms with Gasteiger partial charge in [0.15, 0.2) is 0 Å². The monoisotopic (exact) mass is 330 g/mol. The highest BCUT2D eigenvalue weighted by Crippen LogP contribution is 2.18. The van der Waals surface area contributed by atoms with Crippen LogP contribution in [0.25, 0.3) is 5.69 Å². The molecule has 24 heavy (non-hydrogen) atoms. The van der Waals surface area contributed by atoms with Gasteiger partial charge in [-0.1, -0.05) is 0 Å². The molecule has 1 aliphatic heterocycles. The molecule has 6 heteroatoms. The fraction of sp³-hybridized carbons (Fsp3) is 0.444. The van der Waals surface area contributed by atoms with Crippen molar-refractivity contribution in [3.8, 4) is 5.69 Å². The molecule has 2 atom stereocenters. The molecular formula is C18H23FN4O. The summed E-state index contributed by atoms with van der Waals surface area (Å²) in [7, 11) is 0. The summed E-state index contributed by atoms with van der Waals surface area (Å²) in [5.74, 6) is -0.696. The van der Waals surface area contributed by atoms with Gasteiger partial charge in [-0.05, 0) is 64.4 Å². The number of benzene rings is 1. The van der Waals surface area contributed by atoms with Crippen molar-refractivity contribution in [2.45, 2.75) is 45.7 Å². The number of hydrogen-bond acceptors (Lipinski definition) is 3. The maximum Gasteiger partial charge on any atom is 0.251 e. The van der Waals surface area contributed by atoms with E-state index < -0.39 is 5.82 Å². The molecule has 1 amide bonds. The SMILES string of the molecule is Cc1cc(C)n(-c2ccc(C(=O)NC3CCCNC3C)cc2F)n1. The van der Waals surface area contributed by atoms with Crippen molar-refractivity contribution in [2.75, 3.05) is 6.54 Å². The maximum absolute atomic E-state index is 14.5. The minimum absolute atomic E-state index is 0.0741. The third-order valence-electron chi connectivity index (χ3n) is 4.53. The summed E-state index contributed by atoms with van der Waals surface area (Å²) >= 11 is 0. The van der Waals surface area contributed by atoms with E-state index in [1.54, 1.807) is 16.8 Å². The Morgan fingerprint density at radius 2 is 2.17 bits per heavy atom. The van der Waals surface area contributed by atoms with E-state index in [-0.39, 0.29) is 18.0 Å². The first kappa shape index (κ1) is 16.6. The Morgan fingerprint density at radius 3 is 2.79 bits per heavy atom. The third kappa shape index (κ3) is 3.33. The second-order valence-electron chi connectivity index (χ2n) is 6.47. The average molecular weight is 330 g/mol. The van der Waals surface area contributed by atoms with Crippen molar-refractivity contribution in [3.05, 3.63) is 47.0 Å². The van der Waals surface area contributed by atoms with E-state index in [1.807, 2.05) is 19.9 Å². The van der Waals surface area contributed by atoms with Crippen LogP contribution < -0.4 is 10.6 Å². The Morgan fingerprint density at radius 1 is 1.38 bits per heavy atom. The second-order valence-corrected chi connectivity index (χ2v) is 6.47. The number of nitrogens with one attached hydrogen (secondary N) is 2. The highest BCUT2D eigenvalue weighted by Gasteiger charge is 2.23. The summed E-state index contributed by atoms with van der Waals surface area (Å²) in [5.41, 5.74) is 2.36. The highest BCUT2D eigenvalue weighted by molar-refractivity contribution is 5.94. The van der Waals surface area contributed by atoms with Gasteiger partial charge < -0.3 is 10.6 Å². The van der Waals surface area contributed by atoms with E-state index in [4.69, 9.17) is 0 Å². The highest BCUT2D eigenvalue weighted by atomic mass is 19.1. The number of rotatable bonds is 3. The van der Waals surface area contributed by atoms with Gasteiger partial charge in [0.25, 0.3) is 5.91 Å². The molecule has 1 saturated heterocycles. The first-order valence-electron chi connectivity index (χ1n) is 8.33. The van der Waals surface area contributed by atoms with Crippen molar-refractivity contribution in [1.29, 1.82) is 0 Å². The molecule has 0 spiro atoms. The number of amides is 1. The number of hydrogen-bond donors (Lipinski definition) is 2. The molecule has 0 radical (unpaired) electrons. The van der Waals surface area contributed by atoms with E-state index in [0.29, 0.717) is 11.3 Å². The molecule has 2 heterocycles. The third-order valence-corrected chi connectivity index (χ3v) is 4.53. The van der Waals surface area contributed by atoms with Crippen molar-refractivity contribution in [2.24, 2.45) is 0 Å². The Kier molecular flexibility index (Phi) is 4.66.